The van der Waals surface area contributed by atoms with E-state index in [-0.39, 0.29) is 0 Å². The van der Waals surface area contributed by atoms with Gasteiger partial charge in [-0.15, -0.1) is 0 Å². The van der Waals surface area contributed by atoms with Gasteiger partial charge in [0.25, 0.3) is 0 Å². The summed E-state index contributed by atoms with van der Waals surface area (Å²) < 4.78 is 11.3. The summed E-state index contributed by atoms with van der Waals surface area (Å²) in [5, 5.41) is 4.79. The zero-order valence-electron chi connectivity index (χ0n) is 14.4. The van der Waals surface area contributed by atoms with Crippen LogP contribution in [0, 0.1) is 0 Å². The van der Waals surface area contributed by atoms with Crippen molar-refractivity contribution in [3.8, 4) is 22.3 Å². The fraction of sp³-hybridized carbons (Fsp3) is 0.0909. The number of nitrogens with one attached hydrogen (secondary N) is 1. The molecule has 4 rings (SSSR count). The number of benzene rings is 2. The van der Waals surface area contributed by atoms with Crippen LogP contribution < -0.4 is 5.32 Å². The number of furan rings is 2. The predicted octanol–water partition coefficient (Wildman–Crippen LogP) is 6.80. The van der Waals surface area contributed by atoms with E-state index in [1.54, 1.807) is 12.5 Å². The lowest BCUT2D eigenvalue weighted by Gasteiger charge is -2.07. The molecule has 0 aliphatic carbocycles. The van der Waals surface area contributed by atoms with Gasteiger partial charge in [-0.2, -0.15) is 0 Å². The van der Waals surface area contributed by atoms with E-state index in [9.17, 15) is 0 Å². The van der Waals surface area contributed by atoms with Gasteiger partial charge in [-0.3, -0.25) is 0 Å². The van der Waals surface area contributed by atoms with E-state index in [0.717, 1.165) is 33.8 Å². The molecule has 0 fully saturated rings. The summed E-state index contributed by atoms with van der Waals surface area (Å²) in [4.78, 5) is 0. The van der Waals surface area contributed by atoms with E-state index >= 15 is 0 Å². The third kappa shape index (κ3) is 4.11. The third-order valence-electron chi connectivity index (χ3n) is 4.33. The molecular weight excluding hydrogens is 381 g/mol. The Balaban J connectivity index is 1.47. The second-order valence-corrected chi connectivity index (χ2v) is 7.01. The Morgan fingerprint density at radius 1 is 0.667 bits per heavy atom. The Morgan fingerprint density at radius 3 is 1.59 bits per heavy atom. The average molecular weight is 398 g/mol. The minimum atomic E-state index is 0.574. The number of hydrogen-bond acceptors (Lipinski definition) is 3. The van der Waals surface area contributed by atoms with Crippen molar-refractivity contribution in [3.63, 3.8) is 0 Å². The molecule has 0 aliphatic rings. The summed E-state index contributed by atoms with van der Waals surface area (Å²) in [6, 6.07) is 19.4. The standard InChI is InChI=1S/C22H17Cl2NO2/c23-17-5-1-3-15(11-17)19-7-9-26-21(19)13-25-14-22-20(8-10-27-22)16-4-2-6-18(24)12-16/h1-12,25H,13-14H2. The van der Waals surface area contributed by atoms with Crippen LogP contribution in [0.25, 0.3) is 22.3 Å². The second kappa shape index (κ2) is 8.05. The van der Waals surface area contributed by atoms with Gasteiger partial charge in [-0.25, -0.2) is 0 Å². The average Bonchev–Trinajstić information content (AvgIpc) is 3.31. The minimum absolute atomic E-state index is 0.574. The Morgan fingerprint density at radius 2 is 1.15 bits per heavy atom. The minimum Gasteiger partial charge on any atom is -0.467 e. The number of hydrogen-bond donors (Lipinski definition) is 1. The van der Waals surface area contributed by atoms with Gasteiger partial charge in [-0.1, -0.05) is 47.5 Å². The van der Waals surface area contributed by atoms with E-state index in [0.29, 0.717) is 23.1 Å². The SMILES string of the molecule is Clc1cccc(-c2ccoc2CNCc2occc2-c2cccc(Cl)c2)c1. The molecule has 2 aromatic carbocycles. The van der Waals surface area contributed by atoms with E-state index < -0.39 is 0 Å². The highest BCUT2D eigenvalue weighted by Crippen LogP contribution is 2.29. The Bertz CT molecular complexity index is 968. The maximum absolute atomic E-state index is 6.10. The topological polar surface area (TPSA) is 38.3 Å². The molecule has 0 amide bonds. The van der Waals surface area contributed by atoms with Crippen LogP contribution in [0.1, 0.15) is 11.5 Å². The van der Waals surface area contributed by atoms with Gasteiger partial charge in [-0.05, 0) is 47.5 Å². The second-order valence-electron chi connectivity index (χ2n) is 6.14. The summed E-state index contributed by atoms with van der Waals surface area (Å²) in [7, 11) is 0. The molecule has 0 saturated heterocycles. The van der Waals surface area contributed by atoms with Crippen molar-refractivity contribution in [2.24, 2.45) is 0 Å². The van der Waals surface area contributed by atoms with Crippen LogP contribution in [0.2, 0.25) is 10.0 Å². The van der Waals surface area contributed by atoms with Crippen LogP contribution in [0.3, 0.4) is 0 Å². The molecule has 0 saturated carbocycles. The van der Waals surface area contributed by atoms with E-state index in [4.69, 9.17) is 32.0 Å². The summed E-state index contributed by atoms with van der Waals surface area (Å²) >= 11 is 12.2. The van der Waals surface area contributed by atoms with Crippen molar-refractivity contribution < 1.29 is 8.83 Å². The lowest BCUT2D eigenvalue weighted by atomic mass is 10.1. The first-order valence-electron chi connectivity index (χ1n) is 8.56. The zero-order valence-corrected chi connectivity index (χ0v) is 15.9. The normalized spacial score (nSPS) is 11.0. The highest BCUT2D eigenvalue weighted by molar-refractivity contribution is 6.31. The molecule has 2 heterocycles. The molecule has 3 nitrogen and oxygen atoms in total. The lowest BCUT2D eigenvalue weighted by molar-refractivity contribution is 0.452. The molecule has 0 unspecified atom stereocenters. The first kappa shape index (κ1) is 17.9. The van der Waals surface area contributed by atoms with Gasteiger partial charge in [0.1, 0.15) is 11.5 Å². The van der Waals surface area contributed by atoms with Gasteiger partial charge in [0.2, 0.25) is 0 Å². The summed E-state index contributed by atoms with van der Waals surface area (Å²) in [5.41, 5.74) is 4.12. The predicted molar refractivity (Wildman–Crippen MR) is 109 cm³/mol. The van der Waals surface area contributed by atoms with Crippen molar-refractivity contribution >= 4 is 23.2 Å². The number of rotatable bonds is 6. The Hall–Kier alpha value is -2.46. The Labute approximate surface area is 167 Å². The maximum Gasteiger partial charge on any atom is 0.125 e. The molecule has 5 heteroatoms. The van der Waals surface area contributed by atoms with Gasteiger partial charge in [0, 0.05) is 21.2 Å². The molecule has 136 valence electrons. The molecule has 1 N–H and O–H groups in total. The Kier molecular flexibility index (Phi) is 5.35. The van der Waals surface area contributed by atoms with Crippen LogP contribution >= 0.6 is 23.2 Å². The number of halogens is 2. The monoisotopic (exact) mass is 397 g/mol. The van der Waals surface area contributed by atoms with E-state index in [2.05, 4.69) is 5.32 Å². The van der Waals surface area contributed by atoms with Crippen molar-refractivity contribution in [1.29, 1.82) is 0 Å². The molecule has 2 aromatic heterocycles. The summed E-state index contributed by atoms with van der Waals surface area (Å²) in [6.07, 6.45) is 3.38. The molecule has 0 aliphatic heterocycles. The van der Waals surface area contributed by atoms with Crippen LogP contribution in [0.5, 0.6) is 0 Å². The van der Waals surface area contributed by atoms with Crippen molar-refractivity contribution in [3.05, 3.63) is 94.8 Å². The van der Waals surface area contributed by atoms with Crippen LogP contribution in [-0.2, 0) is 13.1 Å². The van der Waals surface area contributed by atoms with E-state index in [1.165, 1.54) is 0 Å². The molecular formula is C22H17Cl2NO2. The van der Waals surface area contributed by atoms with E-state index in [1.807, 2.05) is 60.7 Å². The third-order valence-corrected chi connectivity index (χ3v) is 4.80. The van der Waals surface area contributed by atoms with Gasteiger partial charge < -0.3 is 14.2 Å². The molecule has 0 spiro atoms. The molecule has 0 radical (unpaired) electrons. The zero-order chi connectivity index (χ0) is 18.6. The van der Waals surface area contributed by atoms with Gasteiger partial charge in [0.15, 0.2) is 0 Å². The highest BCUT2D eigenvalue weighted by atomic mass is 35.5. The van der Waals surface area contributed by atoms with Crippen LogP contribution in [-0.4, -0.2) is 0 Å². The quantitative estimate of drug-likeness (QED) is 0.388. The maximum atomic E-state index is 6.10. The smallest absolute Gasteiger partial charge is 0.125 e. The summed E-state index contributed by atoms with van der Waals surface area (Å²) in [5.74, 6) is 1.71. The van der Waals surface area contributed by atoms with Crippen molar-refractivity contribution in [2.75, 3.05) is 0 Å². The summed E-state index contributed by atoms with van der Waals surface area (Å²) in [6.45, 7) is 1.15. The fourth-order valence-electron chi connectivity index (χ4n) is 3.07. The first-order chi connectivity index (χ1) is 13.2. The van der Waals surface area contributed by atoms with Gasteiger partial charge in [0.05, 0.1) is 25.6 Å². The molecule has 27 heavy (non-hydrogen) atoms. The van der Waals surface area contributed by atoms with Crippen LogP contribution in [0.4, 0.5) is 0 Å². The van der Waals surface area contributed by atoms with Crippen LogP contribution in [0.15, 0.2) is 82.0 Å². The first-order valence-corrected chi connectivity index (χ1v) is 9.31. The van der Waals surface area contributed by atoms with Gasteiger partial charge >= 0.3 is 0 Å². The highest BCUT2D eigenvalue weighted by Gasteiger charge is 2.12. The lowest BCUT2D eigenvalue weighted by Crippen LogP contribution is -2.12. The largest absolute Gasteiger partial charge is 0.467 e. The van der Waals surface area contributed by atoms with Crippen molar-refractivity contribution in [2.45, 2.75) is 13.1 Å². The molecule has 0 atom stereocenters. The molecule has 0 bridgehead atoms. The fourth-order valence-corrected chi connectivity index (χ4v) is 3.45. The molecule has 4 aromatic rings. The van der Waals surface area contributed by atoms with Crippen molar-refractivity contribution in [1.82, 2.24) is 5.32 Å².